The van der Waals surface area contributed by atoms with Crippen LogP contribution in [-0.2, 0) is 0 Å². The molecule has 4 nitrogen and oxygen atoms in total. The quantitative estimate of drug-likeness (QED) is 0.747. The second-order valence-corrected chi connectivity index (χ2v) is 4.69. The number of rotatable bonds is 5. The molecule has 0 spiro atoms. The Bertz CT molecular complexity index is 367. The van der Waals surface area contributed by atoms with E-state index in [0.29, 0.717) is 0 Å². The summed E-state index contributed by atoms with van der Waals surface area (Å²) in [6, 6.07) is 9.62. The number of carbonyl (C=O) groups excluding carboxylic acids is 1. The molecule has 0 aliphatic heterocycles. The van der Waals surface area contributed by atoms with Crippen molar-refractivity contribution < 1.29 is 9.90 Å². The molecule has 0 aliphatic rings. The maximum Gasteiger partial charge on any atom is 0.315 e. The fourth-order valence-corrected chi connectivity index (χ4v) is 1.69. The molecule has 0 saturated heterocycles. The lowest BCUT2D eigenvalue weighted by Gasteiger charge is -2.23. The van der Waals surface area contributed by atoms with Crippen LogP contribution in [0.4, 0.5) is 4.79 Å². The zero-order valence-electron chi connectivity index (χ0n) is 11.2. The topological polar surface area (TPSA) is 61.4 Å². The molecule has 18 heavy (non-hydrogen) atoms. The molecule has 0 saturated carbocycles. The summed E-state index contributed by atoms with van der Waals surface area (Å²) >= 11 is 0. The largest absolute Gasteiger partial charge is 0.394 e. The van der Waals surface area contributed by atoms with Crippen molar-refractivity contribution >= 4 is 6.03 Å². The fraction of sp³-hybridized carbons (Fsp3) is 0.500. The molecule has 0 bridgehead atoms. The van der Waals surface area contributed by atoms with Crippen molar-refractivity contribution in [2.45, 2.75) is 38.8 Å². The van der Waals surface area contributed by atoms with Gasteiger partial charge in [-0.05, 0) is 19.4 Å². The SMILES string of the molecule is CC(CO)NC(=O)NC(C)C(C)c1ccccc1. The second-order valence-electron chi connectivity index (χ2n) is 4.69. The molecule has 2 amide bonds. The summed E-state index contributed by atoms with van der Waals surface area (Å²) in [5, 5.41) is 14.4. The van der Waals surface area contributed by atoms with Gasteiger partial charge in [0.2, 0.25) is 0 Å². The number of amides is 2. The number of urea groups is 1. The van der Waals surface area contributed by atoms with Crippen LogP contribution in [0.3, 0.4) is 0 Å². The van der Waals surface area contributed by atoms with Crippen LogP contribution in [0.5, 0.6) is 0 Å². The molecule has 4 heteroatoms. The van der Waals surface area contributed by atoms with Gasteiger partial charge >= 0.3 is 6.03 Å². The number of aliphatic hydroxyl groups excluding tert-OH is 1. The lowest BCUT2D eigenvalue weighted by Crippen LogP contribution is -2.46. The lowest BCUT2D eigenvalue weighted by molar-refractivity contribution is 0.217. The molecule has 0 radical (unpaired) electrons. The van der Waals surface area contributed by atoms with Crippen LogP contribution in [0.1, 0.15) is 32.3 Å². The molecule has 0 aromatic heterocycles. The van der Waals surface area contributed by atoms with E-state index in [2.05, 4.69) is 29.7 Å². The van der Waals surface area contributed by atoms with E-state index in [1.165, 1.54) is 5.56 Å². The van der Waals surface area contributed by atoms with Crippen molar-refractivity contribution in [2.75, 3.05) is 6.61 Å². The van der Waals surface area contributed by atoms with Crippen LogP contribution in [0.2, 0.25) is 0 Å². The van der Waals surface area contributed by atoms with E-state index in [0.717, 1.165) is 0 Å². The highest BCUT2D eigenvalue weighted by atomic mass is 16.3. The zero-order valence-corrected chi connectivity index (χ0v) is 11.2. The van der Waals surface area contributed by atoms with Gasteiger partial charge in [0.1, 0.15) is 0 Å². The van der Waals surface area contributed by atoms with Crippen LogP contribution in [-0.4, -0.2) is 29.8 Å². The average molecular weight is 250 g/mol. The van der Waals surface area contributed by atoms with E-state index in [-0.39, 0.29) is 30.6 Å². The highest BCUT2D eigenvalue weighted by molar-refractivity contribution is 5.74. The van der Waals surface area contributed by atoms with E-state index in [1.807, 2.05) is 25.1 Å². The Labute approximate surface area is 108 Å². The molecule has 1 aromatic carbocycles. The van der Waals surface area contributed by atoms with Gasteiger partial charge in [-0.1, -0.05) is 37.3 Å². The predicted molar refractivity (Wildman–Crippen MR) is 72.5 cm³/mol. The lowest BCUT2D eigenvalue weighted by atomic mass is 9.95. The summed E-state index contributed by atoms with van der Waals surface area (Å²) in [6.45, 7) is 5.75. The maximum atomic E-state index is 11.6. The summed E-state index contributed by atoms with van der Waals surface area (Å²) in [4.78, 5) is 11.6. The fourth-order valence-electron chi connectivity index (χ4n) is 1.69. The van der Waals surface area contributed by atoms with E-state index in [1.54, 1.807) is 6.92 Å². The van der Waals surface area contributed by atoms with Gasteiger partial charge in [-0.2, -0.15) is 0 Å². The molecular weight excluding hydrogens is 228 g/mol. The van der Waals surface area contributed by atoms with Gasteiger partial charge in [-0.25, -0.2) is 4.79 Å². The van der Waals surface area contributed by atoms with E-state index in [4.69, 9.17) is 5.11 Å². The van der Waals surface area contributed by atoms with Gasteiger partial charge in [0.25, 0.3) is 0 Å². The Morgan fingerprint density at radius 3 is 2.33 bits per heavy atom. The van der Waals surface area contributed by atoms with Gasteiger partial charge in [0, 0.05) is 12.0 Å². The van der Waals surface area contributed by atoms with Crippen molar-refractivity contribution in [3.05, 3.63) is 35.9 Å². The van der Waals surface area contributed by atoms with Crippen molar-refractivity contribution in [2.24, 2.45) is 0 Å². The van der Waals surface area contributed by atoms with Gasteiger partial charge in [0.05, 0.1) is 12.6 Å². The first-order chi connectivity index (χ1) is 8.54. The summed E-state index contributed by atoms with van der Waals surface area (Å²) in [6.07, 6.45) is 0. The van der Waals surface area contributed by atoms with E-state index in [9.17, 15) is 4.79 Å². The summed E-state index contributed by atoms with van der Waals surface area (Å²) < 4.78 is 0. The standard InChI is InChI=1S/C14H22N2O2/c1-10(9-17)15-14(18)16-12(3)11(2)13-7-5-4-6-8-13/h4-8,10-12,17H,9H2,1-3H3,(H2,15,16,18). The smallest absolute Gasteiger partial charge is 0.315 e. The Morgan fingerprint density at radius 1 is 1.17 bits per heavy atom. The van der Waals surface area contributed by atoms with Gasteiger partial charge in [0.15, 0.2) is 0 Å². The number of nitrogens with one attached hydrogen (secondary N) is 2. The first kappa shape index (κ1) is 14.5. The number of benzene rings is 1. The summed E-state index contributed by atoms with van der Waals surface area (Å²) in [7, 11) is 0. The van der Waals surface area contributed by atoms with Crippen LogP contribution >= 0.6 is 0 Å². The minimum absolute atomic E-state index is 0.0262. The zero-order chi connectivity index (χ0) is 13.5. The number of hydrogen-bond donors (Lipinski definition) is 3. The maximum absolute atomic E-state index is 11.6. The first-order valence-corrected chi connectivity index (χ1v) is 6.27. The minimum Gasteiger partial charge on any atom is -0.394 e. The van der Waals surface area contributed by atoms with Gasteiger partial charge in [-0.3, -0.25) is 0 Å². The Balaban J connectivity index is 2.50. The second kappa shape index (κ2) is 7.01. The van der Waals surface area contributed by atoms with Gasteiger partial charge < -0.3 is 15.7 Å². The summed E-state index contributed by atoms with van der Waals surface area (Å²) in [5.41, 5.74) is 1.19. The Morgan fingerprint density at radius 2 is 1.78 bits per heavy atom. The van der Waals surface area contributed by atoms with Crippen molar-refractivity contribution in [3.63, 3.8) is 0 Å². The van der Waals surface area contributed by atoms with Crippen molar-refractivity contribution in [3.8, 4) is 0 Å². The third-order valence-electron chi connectivity index (χ3n) is 3.09. The minimum atomic E-state index is -0.244. The molecule has 3 atom stereocenters. The Hall–Kier alpha value is -1.55. The predicted octanol–water partition coefficient (Wildman–Crippen LogP) is 1.86. The highest BCUT2D eigenvalue weighted by Crippen LogP contribution is 2.18. The molecule has 1 rings (SSSR count). The molecule has 0 fully saturated rings. The molecule has 3 unspecified atom stereocenters. The van der Waals surface area contributed by atoms with Gasteiger partial charge in [-0.15, -0.1) is 0 Å². The monoisotopic (exact) mass is 250 g/mol. The summed E-state index contributed by atoms with van der Waals surface area (Å²) in [5.74, 6) is 0.237. The number of hydrogen-bond acceptors (Lipinski definition) is 2. The normalized spacial score (nSPS) is 15.6. The average Bonchev–Trinajstić information content (AvgIpc) is 2.38. The third kappa shape index (κ3) is 4.37. The highest BCUT2D eigenvalue weighted by Gasteiger charge is 2.16. The third-order valence-corrected chi connectivity index (χ3v) is 3.09. The van der Waals surface area contributed by atoms with Crippen molar-refractivity contribution in [1.29, 1.82) is 0 Å². The number of aliphatic hydroxyl groups is 1. The van der Waals surface area contributed by atoms with E-state index >= 15 is 0 Å². The molecule has 100 valence electrons. The number of carbonyl (C=O) groups is 1. The molecule has 0 heterocycles. The molecule has 3 N–H and O–H groups in total. The first-order valence-electron chi connectivity index (χ1n) is 6.27. The molecule has 1 aromatic rings. The Kier molecular flexibility index (Phi) is 5.65. The van der Waals surface area contributed by atoms with Crippen molar-refractivity contribution in [1.82, 2.24) is 10.6 Å². The van der Waals surface area contributed by atoms with Crippen LogP contribution in [0.25, 0.3) is 0 Å². The molecule has 0 aliphatic carbocycles. The molecular formula is C14H22N2O2. The van der Waals surface area contributed by atoms with Crippen LogP contribution in [0.15, 0.2) is 30.3 Å². The van der Waals surface area contributed by atoms with Crippen LogP contribution < -0.4 is 10.6 Å². The van der Waals surface area contributed by atoms with Crippen LogP contribution in [0, 0.1) is 0 Å². The van der Waals surface area contributed by atoms with E-state index < -0.39 is 0 Å².